The molecule has 9 nitrogen and oxygen atoms in total. The first-order valence-corrected chi connectivity index (χ1v) is 13.1. The van der Waals surface area contributed by atoms with Crippen LogP contribution in [0.5, 0.6) is 0 Å². The van der Waals surface area contributed by atoms with Crippen molar-refractivity contribution in [3.63, 3.8) is 0 Å². The predicted octanol–water partition coefficient (Wildman–Crippen LogP) is 1.90. The predicted molar refractivity (Wildman–Crippen MR) is 140 cm³/mol. The molecular formula is C27H39ClN4O5. The summed E-state index contributed by atoms with van der Waals surface area (Å²) in [7, 11) is 0. The second kappa shape index (κ2) is 12.7. The molecule has 4 aliphatic carbocycles. The Kier molecular flexibility index (Phi) is 9.95. The molecule has 0 aliphatic heterocycles. The molecule has 4 aliphatic rings. The Morgan fingerprint density at radius 2 is 1.62 bits per heavy atom. The van der Waals surface area contributed by atoms with E-state index in [1.165, 1.54) is 6.42 Å². The molecular weight excluding hydrogens is 496 g/mol. The fourth-order valence-electron chi connectivity index (χ4n) is 6.93. The van der Waals surface area contributed by atoms with E-state index in [9.17, 15) is 19.2 Å². The number of halogens is 1. The normalized spacial score (nSPS) is 26.9. The second-order valence-electron chi connectivity index (χ2n) is 10.8. The van der Waals surface area contributed by atoms with Gasteiger partial charge in [0.2, 0.25) is 17.7 Å². The highest BCUT2D eigenvalue weighted by molar-refractivity contribution is 5.92. The summed E-state index contributed by atoms with van der Waals surface area (Å²) in [6.45, 7) is 1.51. The van der Waals surface area contributed by atoms with Gasteiger partial charge in [-0.15, -0.1) is 12.4 Å². The first-order valence-electron chi connectivity index (χ1n) is 13.1. The van der Waals surface area contributed by atoms with Gasteiger partial charge < -0.3 is 26.4 Å². The summed E-state index contributed by atoms with van der Waals surface area (Å²) >= 11 is 0. The number of nitrogens with one attached hydrogen (secondary N) is 1. The quantitative estimate of drug-likeness (QED) is 0.370. The third-order valence-electron chi connectivity index (χ3n) is 8.21. The molecule has 0 unspecified atom stereocenters. The van der Waals surface area contributed by atoms with Gasteiger partial charge in [-0.2, -0.15) is 0 Å². The minimum Gasteiger partial charge on any atom is -0.461 e. The lowest BCUT2D eigenvalue weighted by Crippen LogP contribution is -2.65. The number of carbonyl (C=O) groups excluding carboxylic acids is 4. The summed E-state index contributed by atoms with van der Waals surface area (Å²) < 4.78 is 5.39. The third kappa shape index (κ3) is 6.82. The van der Waals surface area contributed by atoms with E-state index in [0.29, 0.717) is 23.7 Å². The molecule has 2 atom stereocenters. The van der Waals surface area contributed by atoms with Gasteiger partial charge in [-0.25, -0.2) is 0 Å². The van der Waals surface area contributed by atoms with Crippen LogP contribution in [0.2, 0.25) is 0 Å². The number of esters is 1. The van der Waals surface area contributed by atoms with Crippen LogP contribution >= 0.6 is 12.4 Å². The van der Waals surface area contributed by atoms with E-state index in [1.807, 2.05) is 30.3 Å². The molecule has 1 aromatic carbocycles. The molecule has 10 heteroatoms. The molecule has 4 fully saturated rings. The fraction of sp³-hybridized carbons (Fsp3) is 0.630. The van der Waals surface area contributed by atoms with Crippen molar-refractivity contribution in [2.24, 2.45) is 35.1 Å². The lowest BCUT2D eigenvalue weighted by Gasteiger charge is -2.58. The standard InChI is InChI=1S/C27H38N4O5.ClH/c1-16(30-23(32)14-28)27(35)31(25-20-10-18-9-19(12-20)13-21(25)11-18)22(26(29)34)7-8-24(33)36-15-17-5-3-2-4-6-17;/h2-6,16,18-22,25H,7-15,28H2,1H3,(H2,29,34)(H,30,32);1H/t16-,18?,19?,20?,21?,22+,25?;/m0./s1. The zero-order valence-electron chi connectivity index (χ0n) is 21.3. The highest BCUT2D eigenvalue weighted by atomic mass is 35.5. The lowest BCUT2D eigenvalue weighted by molar-refractivity contribution is -0.157. The number of nitrogens with zero attached hydrogens (tertiary/aromatic N) is 1. The van der Waals surface area contributed by atoms with Gasteiger partial charge in [0.1, 0.15) is 18.7 Å². The lowest BCUT2D eigenvalue weighted by atomic mass is 9.53. The number of hydrogen-bond donors (Lipinski definition) is 3. The van der Waals surface area contributed by atoms with Crippen molar-refractivity contribution in [3.8, 4) is 0 Å². The smallest absolute Gasteiger partial charge is 0.306 e. The van der Waals surface area contributed by atoms with Crippen LogP contribution in [0.25, 0.3) is 0 Å². The van der Waals surface area contributed by atoms with E-state index >= 15 is 0 Å². The molecule has 5 rings (SSSR count). The number of primary amides is 1. The van der Waals surface area contributed by atoms with E-state index in [2.05, 4.69) is 5.32 Å². The van der Waals surface area contributed by atoms with E-state index in [4.69, 9.17) is 16.2 Å². The van der Waals surface area contributed by atoms with Crippen LogP contribution in [0.15, 0.2) is 30.3 Å². The van der Waals surface area contributed by atoms with Crippen LogP contribution in [0.4, 0.5) is 0 Å². The minimum atomic E-state index is -0.957. The van der Waals surface area contributed by atoms with Crippen LogP contribution in [-0.4, -0.2) is 53.3 Å². The van der Waals surface area contributed by atoms with E-state index in [0.717, 1.165) is 31.2 Å². The molecule has 37 heavy (non-hydrogen) atoms. The van der Waals surface area contributed by atoms with Crippen molar-refractivity contribution in [1.82, 2.24) is 10.2 Å². The molecule has 0 saturated heterocycles. The molecule has 0 heterocycles. The van der Waals surface area contributed by atoms with Crippen LogP contribution in [0.1, 0.15) is 57.4 Å². The van der Waals surface area contributed by atoms with Gasteiger partial charge in [0.25, 0.3) is 0 Å². The van der Waals surface area contributed by atoms with Crippen molar-refractivity contribution in [2.45, 2.75) is 76.6 Å². The van der Waals surface area contributed by atoms with Gasteiger partial charge in [0, 0.05) is 12.5 Å². The van der Waals surface area contributed by atoms with Gasteiger partial charge in [0.05, 0.1) is 6.54 Å². The summed E-state index contributed by atoms with van der Waals surface area (Å²) in [4.78, 5) is 52.6. The molecule has 0 radical (unpaired) electrons. The molecule has 5 N–H and O–H groups in total. The number of ether oxygens (including phenoxy) is 1. The van der Waals surface area contributed by atoms with Crippen molar-refractivity contribution >= 4 is 36.1 Å². The Bertz CT molecular complexity index is 947. The summed E-state index contributed by atoms with van der Waals surface area (Å²) in [6.07, 6.45) is 5.44. The monoisotopic (exact) mass is 534 g/mol. The summed E-state index contributed by atoms with van der Waals surface area (Å²) in [5, 5.41) is 2.63. The van der Waals surface area contributed by atoms with Crippen molar-refractivity contribution < 1.29 is 23.9 Å². The van der Waals surface area contributed by atoms with E-state index in [-0.39, 0.29) is 50.3 Å². The van der Waals surface area contributed by atoms with Crippen molar-refractivity contribution in [1.29, 1.82) is 0 Å². The molecule has 0 aromatic heterocycles. The SMILES string of the molecule is C[C@H](NC(=O)CN)C(=O)N(C1C2CC3CC(C2)CC1C3)[C@H](CCC(=O)OCc1ccccc1)C(N)=O.Cl. The minimum absolute atomic E-state index is 0. The number of amides is 3. The van der Waals surface area contributed by atoms with E-state index < -0.39 is 29.9 Å². The largest absolute Gasteiger partial charge is 0.461 e. The van der Waals surface area contributed by atoms with Crippen molar-refractivity contribution in [2.75, 3.05) is 6.54 Å². The molecule has 0 spiro atoms. The van der Waals surface area contributed by atoms with Crippen LogP contribution in [0, 0.1) is 23.7 Å². The zero-order valence-corrected chi connectivity index (χ0v) is 22.2. The molecule has 4 bridgehead atoms. The highest BCUT2D eigenvalue weighted by Gasteiger charge is 2.53. The van der Waals surface area contributed by atoms with Crippen LogP contribution in [-0.2, 0) is 30.5 Å². The summed E-state index contributed by atoms with van der Waals surface area (Å²) in [6, 6.07) is 7.41. The molecule has 1 aromatic rings. The Hall–Kier alpha value is -2.65. The Morgan fingerprint density at radius 1 is 1.03 bits per heavy atom. The topological polar surface area (TPSA) is 145 Å². The van der Waals surface area contributed by atoms with Gasteiger partial charge in [-0.05, 0) is 74.7 Å². The first-order chi connectivity index (χ1) is 17.3. The molecule has 204 valence electrons. The zero-order chi connectivity index (χ0) is 25.8. The number of carbonyl (C=O) groups is 4. The third-order valence-corrected chi connectivity index (χ3v) is 8.21. The Morgan fingerprint density at radius 3 is 2.16 bits per heavy atom. The van der Waals surface area contributed by atoms with Gasteiger partial charge in [-0.3, -0.25) is 19.2 Å². The maximum Gasteiger partial charge on any atom is 0.306 e. The average Bonchev–Trinajstić information content (AvgIpc) is 2.85. The van der Waals surface area contributed by atoms with Crippen molar-refractivity contribution in [3.05, 3.63) is 35.9 Å². The maximum atomic E-state index is 13.8. The first kappa shape index (κ1) is 28.9. The number of benzene rings is 1. The maximum absolute atomic E-state index is 13.8. The number of hydrogen-bond acceptors (Lipinski definition) is 6. The fourth-order valence-corrected chi connectivity index (χ4v) is 6.93. The molecule has 4 saturated carbocycles. The van der Waals surface area contributed by atoms with Gasteiger partial charge in [0.15, 0.2) is 0 Å². The number of nitrogens with two attached hydrogens (primary N) is 2. The van der Waals surface area contributed by atoms with Gasteiger partial charge in [-0.1, -0.05) is 30.3 Å². The second-order valence-corrected chi connectivity index (χ2v) is 10.8. The Labute approximate surface area is 224 Å². The average molecular weight is 535 g/mol. The highest BCUT2D eigenvalue weighted by Crippen LogP contribution is 2.55. The van der Waals surface area contributed by atoms with Crippen LogP contribution < -0.4 is 16.8 Å². The van der Waals surface area contributed by atoms with E-state index in [1.54, 1.807) is 11.8 Å². The summed E-state index contributed by atoms with van der Waals surface area (Å²) in [5.41, 5.74) is 12.2. The van der Waals surface area contributed by atoms with Gasteiger partial charge >= 0.3 is 5.97 Å². The van der Waals surface area contributed by atoms with Crippen LogP contribution in [0.3, 0.4) is 0 Å². The Balaban J connectivity index is 0.00000380. The number of rotatable bonds is 11. The molecule has 3 amide bonds. The summed E-state index contributed by atoms with van der Waals surface area (Å²) in [5.74, 6) is 0.0586.